The van der Waals surface area contributed by atoms with E-state index >= 15 is 0 Å². The van der Waals surface area contributed by atoms with Crippen LogP contribution in [0.2, 0.25) is 0 Å². The Bertz CT molecular complexity index is 396. The van der Waals surface area contributed by atoms with Crippen molar-refractivity contribution in [3.05, 3.63) is 24.0 Å². The third-order valence-electron chi connectivity index (χ3n) is 3.41. The molecule has 0 bridgehead atoms. The van der Waals surface area contributed by atoms with Crippen molar-refractivity contribution in [1.82, 2.24) is 10.3 Å². The van der Waals surface area contributed by atoms with E-state index in [-0.39, 0.29) is 12.2 Å². The Balaban J connectivity index is 2.76. The van der Waals surface area contributed by atoms with E-state index in [1.165, 1.54) is 5.56 Å². The summed E-state index contributed by atoms with van der Waals surface area (Å²) in [6.45, 7) is 9.34. The second-order valence-electron chi connectivity index (χ2n) is 5.75. The van der Waals surface area contributed by atoms with Gasteiger partial charge in [0.05, 0.1) is 18.4 Å². The molecule has 21 heavy (non-hydrogen) atoms. The molecule has 1 aromatic heterocycles. The van der Waals surface area contributed by atoms with Gasteiger partial charge >= 0.3 is 0 Å². The molecule has 0 amide bonds. The molecule has 0 aromatic carbocycles. The van der Waals surface area contributed by atoms with Crippen LogP contribution in [0.4, 0.5) is 0 Å². The van der Waals surface area contributed by atoms with Gasteiger partial charge in [-0.05, 0) is 58.2 Å². The molecule has 2 unspecified atom stereocenters. The van der Waals surface area contributed by atoms with E-state index in [0.717, 1.165) is 31.6 Å². The van der Waals surface area contributed by atoms with Crippen LogP contribution in [0, 0.1) is 0 Å². The largest absolute Gasteiger partial charge is 0.489 e. The third-order valence-corrected chi connectivity index (χ3v) is 3.41. The number of pyridine rings is 1. The van der Waals surface area contributed by atoms with Crippen LogP contribution < -0.4 is 10.1 Å². The van der Waals surface area contributed by atoms with E-state index in [2.05, 4.69) is 30.2 Å². The van der Waals surface area contributed by atoms with E-state index in [9.17, 15) is 0 Å². The highest BCUT2D eigenvalue weighted by Crippen LogP contribution is 2.23. The van der Waals surface area contributed by atoms with Crippen LogP contribution in [0.1, 0.15) is 58.6 Å². The van der Waals surface area contributed by atoms with Gasteiger partial charge in [0, 0.05) is 19.3 Å². The molecule has 0 aliphatic heterocycles. The molecule has 0 saturated heterocycles. The molecule has 0 spiro atoms. The van der Waals surface area contributed by atoms with E-state index in [1.54, 1.807) is 13.3 Å². The molecular formula is C17H30N2O2. The Labute approximate surface area is 129 Å². The molecule has 1 heterocycles. The van der Waals surface area contributed by atoms with Gasteiger partial charge in [-0.25, -0.2) is 0 Å². The Morgan fingerprint density at radius 3 is 2.57 bits per heavy atom. The first kappa shape index (κ1) is 17.9. The molecule has 0 saturated carbocycles. The lowest BCUT2D eigenvalue weighted by Gasteiger charge is -2.21. The molecule has 0 aliphatic carbocycles. The topological polar surface area (TPSA) is 43.4 Å². The first-order valence-electron chi connectivity index (χ1n) is 7.94. The lowest BCUT2D eigenvalue weighted by Crippen LogP contribution is -2.23. The van der Waals surface area contributed by atoms with Crippen LogP contribution in [0.5, 0.6) is 5.75 Å². The van der Waals surface area contributed by atoms with Crippen molar-refractivity contribution in [2.24, 2.45) is 0 Å². The number of rotatable bonds is 10. The highest BCUT2D eigenvalue weighted by molar-refractivity contribution is 5.26. The average molecular weight is 294 g/mol. The van der Waals surface area contributed by atoms with E-state index in [4.69, 9.17) is 9.47 Å². The first-order valence-corrected chi connectivity index (χ1v) is 7.94. The van der Waals surface area contributed by atoms with Gasteiger partial charge in [-0.15, -0.1) is 0 Å². The Kier molecular flexibility index (Phi) is 8.31. The minimum Gasteiger partial charge on any atom is -0.489 e. The third kappa shape index (κ3) is 6.91. The number of methoxy groups -OCH3 is 1. The van der Waals surface area contributed by atoms with Gasteiger partial charge < -0.3 is 14.8 Å². The number of ether oxygens (including phenoxy) is 2. The molecule has 1 rings (SSSR count). The summed E-state index contributed by atoms with van der Waals surface area (Å²) in [5.74, 6) is 0.839. The molecule has 2 atom stereocenters. The normalized spacial score (nSPS) is 14.2. The highest BCUT2D eigenvalue weighted by Gasteiger charge is 2.14. The smallest absolute Gasteiger partial charge is 0.138 e. The highest BCUT2D eigenvalue weighted by atomic mass is 16.5. The maximum Gasteiger partial charge on any atom is 0.138 e. The average Bonchev–Trinajstić information content (AvgIpc) is 2.46. The summed E-state index contributed by atoms with van der Waals surface area (Å²) in [6.07, 6.45) is 7.31. The molecule has 1 aromatic rings. The predicted molar refractivity (Wildman–Crippen MR) is 86.7 cm³/mol. The summed E-state index contributed by atoms with van der Waals surface area (Å²) in [7, 11) is 1.76. The van der Waals surface area contributed by atoms with Crippen molar-refractivity contribution in [1.29, 1.82) is 0 Å². The summed E-state index contributed by atoms with van der Waals surface area (Å²) < 4.78 is 11.1. The zero-order valence-corrected chi connectivity index (χ0v) is 14.1. The number of nitrogens with one attached hydrogen (secondary N) is 1. The monoisotopic (exact) mass is 294 g/mol. The standard InChI is InChI=1S/C17H30N2O2/c1-6-9-19-17(8-7-14(4)20-5)15-10-16(12-18-11-15)21-13(2)3/h10-14,17,19H,6-9H2,1-5H3. The number of nitrogens with zero attached hydrogens (tertiary/aromatic N) is 1. The number of hydrogen-bond donors (Lipinski definition) is 1. The van der Waals surface area contributed by atoms with Gasteiger partial charge in [0.2, 0.25) is 0 Å². The van der Waals surface area contributed by atoms with E-state index in [0.29, 0.717) is 6.04 Å². The Hall–Kier alpha value is -1.13. The van der Waals surface area contributed by atoms with Crippen LogP contribution in [-0.4, -0.2) is 30.8 Å². The van der Waals surface area contributed by atoms with Gasteiger partial charge in [0.15, 0.2) is 0 Å². The van der Waals surface area contributed by atoms with Crippen LogP contribution in [0.25, 0.3) is 0 Å². The number of hydrogen-bond acceptors (Lipinski definition) is 4. The second-order valence-corrected chi connectivity index (χ2v) is 5.75. The summed E-state index contributed by atoms with van der Waals surface area (Å²) in [6, 6.07) is 2.39. The first-order chi connectivity index (χ1) is 10.1. The van der Waals surface area contributed by atoms with Crippen molar-refractivity contribution in [2.75, 3.05) is 13.7 Å². The summed E-state index contributed by atoms with van der Waals surface area (Å²) in [4.78, 5) is 4.32. The quantitative estimate of drug-likeness (QED) is 0.714. The Morgan fingerprint density at radius 1 is 1.19 bits per heavy atom. The van der Waals surface area contributed by atoms with Crippen LogP contribution in [-0.2, 0) is 4.74 Å². The van der Waals surface area contributed by atoms with E-state index in [1.807, 2.05) is 20.0 Å². The maximum atomic E-state index is 5.74. The lowest BCUT2D eigenvalue weighted by molar-refractivity contribution is 0.106. The molecule has 4 nitrogen and oxygen atoms in total. The minimum atomic E-state index is 0.164. The molecular weight excluding hydrogens is 264 g/mol. The van der Waals surface area contributed by atoms with Gasteiger partial charge in [0.1, 0.15) is 5.75 Å². The van der Waals surface area contributed by atoms with Crippen molar-refractivity contribution in [3.8, 4) is 5.75 Å². The fourth-order valence-electron chi connectivity index (χ4n) is 2.19. The fourth-order valence-corrected chi connectivity index (χ4v) is 2.19. The molecule has 4 heteroatoms. The fraction of sp³-hybridized carbons (Fsp3) is 0.706. The molecule has 0 aliphatic rings. The summed E-state index contributed by atoms with van der Waals surface area (Å²) in [5, 5.41) is 3.59. The molecule has 0 radical (unpaired) electrons. The molecule has 1 N–H and O–H groups in total. The SMILES string of the molecule is CCCNC(CCC(C)OC)c1cncc(OC(C)C)c1. The zero-order chi connectivity index (χ0) is 15.7. The van der Waals surface area contributed by atoms with Gasteiger partial charge in [-0.2, -0.15) is 0 Å². The van der Waals surface area contributed by atoms with Crippen molar-refractivity contribution in [3.63, 3.8) is 0 Å². The van der Waals surface area contributed by atoms with Crippen LogP contribution >= 0.6 is 0 Å². The maximum absolute atomic E-state index is 5.74. The number of aromatic nitrogens is 1. The zero-order valence-electron chi connectivity index (χ0n) is 14.1. The van der Waals surface area contributed by atoms with Crippen molar-refractivity contribution in [2.45, 2.75) is 65.2 Å². The van der Waals surface area contributed by atoms with Crippen molar-refractivity contribution < 1.29 is 9.47 Å². The van der Waals surface area contributed by atoms with Crippen molar-refractivity contribution >= 4 is 0 Å². The van der Waals surface area contributed by atoms with Gasteiger partial charge in [0.25, 0.3) is 0 Å². The van der Waals surface area contributed by atoms with Gasteiger partial charge in [-0.1, -0.05) is 6.92 Å². The summed E-state index contributed by atoms with van der Waals surface area (Å²) in [5.41, 5.74) is 1.19. The molecule has 0 fully saturated rings. The van der Waals surface area contributed by atoms with E-state index < -0.39 is 0 Å². The van der Waals surface area contributed by atoms with Crippen LogP contribution in [0.3, 0.4) is 0 Å². The predicted octanol–water partition coefficient (Wildman–Crippen LogP) is 3.72. The Morgan fingerprint density at radius 2 is 1.95 bits per heavy atom. The second kappa shape index (κ2) is 9.74. The minimum absolute atomic E-state index is 0.164. The van der Waals surface area contributed by atoms with Crippen LogP contribution in [0.15, 0.2) is 18.5 Å². The summed E-state index contributed by atoms with van der Waals surface area (Å²) >= 11 is 0. The lowest BCUT2D eigenvalue weighted by atomic mass is 10.0. The molecule has 120 valence electrons. The van der Waals surface area contributed by atoms with Gasteiger partial charge in [-0.3, -0.25) is 4.98 Å².